The average molecular weight is 293 g/mol. The van der Waals surface area contributed by atoms with Gasteiger partial charge in [-0.3, -0.25) is 4.79 Å². The minimum absolute atomic E-state index is 0.129. The topological polar surface area (TPSA) is 84.9 Å². The predicted molar refractivity (Wildman–Crippen MR) is 74.9 cm³/mol. The predicted octanol–water partition coefficient (Wildman–Crippen LogP) is 0.908. The summed E-state index contributed by atoms with van der Waals surface area (Å²) in [5.74, 6) is -1.15. The number of carboxylic acids is 1. The van der Waals surface area contributed by atoms with Crippen molar-refractivity contribution in [1.82, 2.24) is 5.32 Å². The number of aliphatic carboxylic acids is 1. The highest BCUT2D eigenvalue weighted by atomic mass is 16.5. The molecule has 2 rings (SSSR count). The van der Waals surface area contributed by atoms with Crippen LogP contribution in [0.3, 0.4) is 0 Å². The fourth-order valence-corrected chi connectivity index (χ4v) is 2.31. The number of nitrogens with one attached hydrogen (secondary N) is 1. The largest absolute Gasteiger partial charge is 0.480 e. The van der Waals surface area contributed by atoms with Gasteiger partial charge in [0, 0.05) is 6.54 Å². The number of rotatable bonds is 7. The van der Waals surface area contributed by atoms with Crippen LogP contribution in [0.1, 0.15) is 23.7 Å². The zero-order valence-electron chi connectivity index (χ0n) is 11.7. The molecule has 2 N–H and O–H groups in total. The molecule has 1 amide bonds. The number of amides is 1. The van der Waals surface area contributed by atoms with Crippen molar-refractivity contribution in [2.45, 2.75) is 18.9 Å². The van der Waals surface area contributed by atoms with Crippen molar-refractivity contribution in [3.8, 4) is 0 Å². The second-order valence-corrected chi connectivity index (χ2v) is 4.81. The van der Waals surface area contributed by atoms with Crippen LogP contribution in [-0.2, 0) is 25.5 Å². The lowest BCUT2D eigenvalue weighted by Crippen LogP contribution is -2.30. The van der Waals surface area contributed by atoms with E-state index in [2.05, 4.69) is 11.4 Å². The van der Waals surface area contributed by atoms with E-state index in [1.165, 1.54) is 5.56 Å². The van der Waals surface area contributed by atoms with E-state index in [4.69, 9.17) is 14.6 Å². The number of fused-ring (bicyclic) bond motifs is 1. The molecule has 1 aromatic rings. The summed E-state index contributed by atoms with van der Waals surface area (Å²) in [6.07, 6.45) is 0.919. The number of hydrogen-bond donors (Lipinski definition) is 2. The van der Waals surface area contributed by atoms with Crippen LogP contribution < -0.4 is 5.32 Å². The van der Waals surface area contributed by atoms with E-state index >= 15 is 0 Å². The van der Waals surface area contributed by atoms with E-state index in [0.29, 0.717) is 13.2 Å². The zero-order chi connectivity index (χ0) is 15.1. The van der Waals surface area contributed by atoms with Gasteiger partial charge in [0.25, 0.3) is 0 Å². The van der Waals surface area contributed by atoms with Crippen LogP contribution in [0.5, 0.6) is 0 Å². The van der Waals surface area contributed by atoms with Crippen LogP contribution in [0, 0.1) is 0 Å². The summed E-state index contributed by atoms with van der Waals surface area (Å²) in [4.78, 5) is 22.1. The molecular formula is C15H19NO5. The average Bonchev–Trinajstić information content (AvgIpc) is 2.47. The van der Waals surface area contributed by atoms with Gasteiger partial charge in [0.1, 0.15) is 6.61 Å². The van der Waals surface area contributed by atoms with Gasteiger partial charge in [0.2, 0.25) is 5.91 Å². The summed E-state index contributed by atoms with van der Waals surface area (Å²) in [7, 11) is 0. The van der Waals surface area contributed by atoms with Crippen LogP contribution >= 0.6 is 0 Å². The van der Waals surface area contributed by atoms with Gasteiger partial charge in [-0.15, -0.1) is 0 Å². The van der Waals surface area contributed by atoms with E-state index < -0.39 is 5.97 Å². The van der Waals surface area contributed by atoms with Crippen molar-refractivity contribution in [3.63, 3.8) is 0 Å². The molecule has 6 nitrogen and oxygen atoms in total. The van der Waals surface area contributed by atoms with Crippen LogP contribution in [0.15, 0.2) is 24.3 Å². The SMILES string of the molecule is O=C(O)COCCNC(=O)CC1OCCc2ccccc21. The molecular weight excluding hydrogens is 274 g/mol. The Balaban J connectivity index is 1.75. The smallest absolute Gasteiger partial charge is 0.329 e. The molecule has 0 radical (unpaired) electrons. The molecule has 0 aliphatic carbocycles. The second-order valence-electron chi connectivity index (χ2n) is 4.81. The number of hydrogen-bond acceptors (Lipinski definition) is 4. The summed E-state index contributed by atoms with van der Waals surface area (Å²) in [6, 6.07) is 7.98. The lowest BCUT2D eigenvalue weighted by molar-refractivity contribution is -0.142. The van der Waals surface area contributed by atoms with Crippen molar-refractivity contribution in [2.24, 2.45) is 0 Å². The quantitative estimate of drug-likeness (QED) is 0.730. The van der Waals surface area contributed by atoms with Crippen LogP contribution in [0.4, 0.5) is 0 Å². The highest BCUT2D eigenvalue weighted by molar-refractivity contribution is 5.76. The van der Waals surface area contributed by atoms with Crippen LogP contribution in [-0.4, -0.2) is 43.3 Å². The molecule has 1 aliphatic heterocycles. The number of carboxylic acid groups (broad SMARTS) is 1. The Morgan fingerprint density at radius 3 is 3.00 bits per heavy atom. The first-order chi connectivity index (χ1) is 10.2. The molecule has 1 unspecified atom stereocenters. The van der Waals surface area contributed by atoms with E-state index in [1.807, 2.05) is 18.2 Å². The summed E-state index contributed by atoms with van der Waals surface area (Å²) in [5.41, 5.74) is 2.30. The molecule has 6 heteroatoms. The van der Waals surface area contributed by atoms with Crippen LogP contribution in [0.25, 0.3) is 0 Å². The van der Waals surface area contributed by atoms with Gasteiger partial charge >= 0.3 is 5.97 Å². The lowest BCUT2D eigenvalue weighted by atomic mass is 9.96. The number of ether oxygens (including phenoxy) is 2. The van der Waals surface area contributed by atoms with Gasteiger partial charge in [-0.25, -0.2) is 4.79 Å². The van der Waals surface area contributed by atoms with E-state index in [9.17, 15) is 9.59 Å². The molecule has 0 saturated carbocycles. The Morgan fingerprint density at radius 2 is 2.19 bits per heavy atom. The van der Waals surface area contributed by atoms with Gasteiger partial charge in [-0.2, -0.15) is 0 Å². The summed E-state index contributed by atoms with van der Waals surface area (Å²) >= 11 is 0. The van der Waals surface area contributed by atoms with Gasteiger partial charge in [-0.05, 0) is 17.5 Å². The minimum Gasteiger partial charge on any atom is -0.480 e. The Hall–Kier alpha value is -1.92. The molecule has 1 aromatic carbocycles. The Bertz CT molecular complexity index is 503. The third-order valence-electron chi connectivity index (χ3n) is 3.26. The number of carbonyl (C=O) groups excluding carboxylic acids is 1. The first kappa shape index (κ1) is 15.5. The fraction of sp³-hybridized carbons (Fsp3) is 0.467. The molecule has 1 heterocycles. The van der Waals surface area contributed by atoms with Gasteiger partial charge in [0.05, 0.1) is 25.7 Å². The van der Waals surface area contributed by atoms with Gasteiger partial charge in [0.15, 0.2) is 0 Å². The maximum absolute atomic E-state index is 11.9. The van der Waals surface area contributed by atoms with Crippen molar-refractivity contribution in [2.75, 3.05) is 26.4 Å². The summed E-state index contributed by atoms with van der Waals surface area (Å²) < 4.78 is 10.5. The summed E-state index contributed by atoms with van der Waals surface area (Å²) in [6.45, 7) is 0.742. The zero-order valence-corrected chi connectivity index (χ0v) is 11.7. The molecule has 0 fully saturated rings. The third kappa shape index (κ3) is 4.84. The molecule has 114 valence electrons. The molecule has 0 aromatic heterocycles. The molecule has 0 saturated heterocycles. The molecule has 1 aliphatic rings. The molecule has 1 atom stereocenters. The van der Waals surface area contributed by atoms with E-state index in [-0.39, 0.29) is 31.6 Å². The molecule has 0 bridgehead atoms. The lowest BCUT2D eigenvalue weighted by Gasteiger charge is -2.25. The first-order valence-electron chi connectivity index (χ1n) is 6.92. The maximum Gasteiger partial charge on any atom is 0.329 e. The van der Waals surface area contributed by atoms with E-state index in [0.717, 1.165) is 12.0 Å². The summed E-state index contributed by atoms with van der Waals surface area (Å²) in [5, 5.41) is 11.1. The Morgan fingerprint density at radius 1 is 1.38 bits per heavy atom. The monoisotopic (exact) mass is 293 g/mol. The van der Waals surface area contributed by atoms with Crippen molar-refractivity contribution >= 4 is 11.9 Å². The fourth-order valence-electron chi connectivity index (χ4n) is 2.31. The van der Waals surface area contributed by atoms with Crippen molar-refractivity contribution in [3.05, 3.63) is 35.4 Å². The van der Waals surface area contributed by atoms with Gasteiger partial charge in [-0.1, -0.05) is 24.3 Å². The minimum atomic E-state index is -1.02. The highest BCUT2D eigenvalue weighted by Crippen LogP contribution is 2.29. The highest BCUT2D eigenvalue weighted by Gasteiger charge is 2.22. The van der Waals surface area contributed by atoms with Gasteiger partial charge < -0.3 is 19.9 Å². The maximum atomic E-state index is 11.9. The number of carbonyl (C=O) groups is 2. The first-order valence-corrected chi connectivity index (χ1v) is 6.92. The standard InChI is InChI=1S/C15H19NO5/c17-14(16-6-8-20-10-15(18)19)9-13-12-4-2-1-3-11(12)5-7-21-13/h1-4,13H,5-10H2,(H,16,17)(H,18,19). The molecule has 0 spiro atoms. The van der Waals surface area contributed by atoms with Crippen molar-refractivity contribution < 1.29 is 24.2 Å². The normalized spacial score (nSPS) is 17.0. The van der Waals surface area contributed by atoms with Crippen molar-refractivity contribution in [1.29, 1.82) is 0 Å². The Labute approximate surface area is 123 Å². The number of benzene rings is 1. The van der Waals surface area contributed by atoms with Crippen LogP contribution in [0.2, 0.25) is 0 Å². The molecule has 21 heavy (non-hydrogen) atoms. The van der Waals surface area contributed by atoms with E-state index in [1.54, 1.807) is 0 Å². The second kappa shape index (κ2) is 7.75. The Kier molecular flexibility index (Phi) is 5.71. The third-order valence-corrected chi connectivity index (χ3v) is 3.26.